The summed E-state index contributed by atoms with van der Waals surface area (Å²) in [7, 11) is 0. The lowest BCUT2D eigenvalue weighted by Crippen LogP contribution is -2.49. The zero-order valence-corrected chi connectivity index (χ0v) is 15.9. The van der Waals surface area contributed by atoms with Crippen LogP contribution in [-0.2, 0) is 14.4 Å². The van der Waals surface area contributed by atoms with E-state index < -0.39 is 18.1 Å². The van der Waals surface area contributed by atoms with Crippen molar-refractivity contribution in [2.45, 2.75) is 84.5 Å². The van der Waals surface area contributed by atoms with Gasteiger partial charge in [0.15, 0.2) is 0 Å². The van der Waals surface area contributed by atoms with E-state index in [2.05, 4.69) is 10.6 Å². The van der Waals surface area contributed by atoms with Crippen molar-refractivity contribution in [3.05, 3.63) is 0 Å². The van der Waals surface area contributed by atoms with Crippen LogP contribution in [0, 0.1) is 0 Å². The van der Waals surface area contributed by atoms with E-state index in [1.54, 1.807) is 6.92 Å². The lowest BCUT2D eigenvalue weighted by molar-refractivity contribution is -0.137. The fourth-order valence-electron chi connectivity index (χ4n) is 1.36. The third-order valence-corrected chi connectivity index (χ3v) is 2.42. The highest BCUT2D eigenvalue weighted by Gasteiger charge is 2.20. The maximum atomic E-state index is 11.3. The molecule has 0 rings (SSSR count). The van der Waals surface area contributed by atoms with E-state index in [-0.39, 0.29) is 35.7 Å². The predicted octanol–water partition coefficient (Wildman–Crippen LogP) is 0.342. The number of nitrogens with one attached hydrogen (secondary N) is 2. The molecule has 2 atom stereocenters. The first kappa shape index (κ1) is 24.6. The van der Waals surface area contributed by atoms with Gasteiger partial charge < -0.3 is 27.2 Å². The lowest BCUT2D eigenvalue weighted by Gasteiger charge is -2.22. The summed E-state index contributed by atoms with van der Waals surface area (Å²) in [6.45, 7) is 13.0. The summed E-state index contributed by atoms with van der Waals surface area (Å²) in [5.74, 6) is -1.35. The lowest BCUT2D eigenvalue weighted by atomic mass is 10.1. The quantitative estimate of drug-likeness (QED) is 0.485. The van der Waals surface area contributed by atoms with Gasteiger partial charge in [0.25, 0.3) is 0 Å². The highest BCUT2D eigenvalue weighted by Crippen LogP contribution is 2.01. The number of amides is 2. The van der Waals surface area contributed by atoms with E-state index in [1.165, 1.54) is 0 Å². The number of carbonyl (C=O) groups is 3. The second-order valence-electron chi connectivity index (χ2n) is 7.81. The Kier molecular flexibility index (Phi) is 10.5. The molecule has 0 aliphatic rings. The van der Waals surface area contributed by atoms with Gasteiger partial charge in [0.05, 0.1) is 12.1 Å². The second-order valence-corrected chi connectivity index (χ2v) is 7.81. The molecule has 0 aromatic heterocycles. The highest BCUT2D eigenvalue weighted by molar-refractivity contribution is 5.82. The third-order valence-electron chi connectivity index (χ3n) is 2.42. The molecule has 0 bridgehead atoms. The molecule has 8 nitrogen and oxygen atoms in total. The predicted molar refractivity (Wildman–Crippen MR) is 94.3 cm³/mol. The molecular formula is C16H34N4O4. The van der Waals surface area contributed by atoms with Gasteiger partial charge in [-0.15, -0.1) is 0 Å². The number of hydrogen-bond donors (Lipinski definition) is 5. The smallest absolute Gasteiger partial charge is 0.303 e. The Hall–Kier alpha value is -1.67. The van der Waals surface area contributed by atoms with Crippen LogP contribution < -0.4 is 22.1 Å². The summed E-state index contributed by atoms with van der Waals surface area (Å²) in [5, 5.41) is 13.8. The fourth-order valence-corrected chi connectivity index (χ4v) is 1.36. The van der Waals surface area contributed by atoms with Gasteiger partial charge in [-0.25, -0.2) is 0 Å². The number of carboxylic acids is 1. The first-order chi connectivity index (χ1) is 10.5. The second kappa shape index (κ2) is 10.2. The van der Waals surface area contributed by atoms with Crippen LogP contribution >= 0.6 is 0 Å². The Morgan fingerprint density at radius 3 is 1.54 bits per heavy atom. The van der Waals surface area contributed by atoms with Crippen molar-refractivity contribution in [2.75, 3.05) is 0 Å². The van der Waals surface area contributed by atoms with Gasteiger partial charge in [-0.1, -0.05) is 0 Å². The van der Waals surface area contributed by atoms with Gasteiger partial charge >= 0.3 is 5.97 Å². The zero-order chi connectivity index (χ0) is 19.7. The molecule has 8 heteroatoms. The summed E-state index contributed by atoms with van der Waals surface area (Å²) in [6, 6.07) is -1.16. The Morgan fingerprint density at radius 2 is 1.29 bits per heavy atom. The minimum absolute atomic E-state index is 0.0846. The van der Waals surface area contributed by atoms with Crippen LogP contribution in [-0.4, -0.2) is 46.1 Å². The molecule has 24 heavy (non-hydrogen) atoms. The number of carbonyl (C=O) groups excluding carboxylic acids is 2. The average molecular weight is 346 g/mol. The number of hydrogen-bond acceptors (Lipinski definition) is 5. The van der Waals surface area contributed by atoms with Gasteiger partial charge in [-0.05, 0) is 54.9 Å². The van der Waals surface area contributed by atoms with E-state index in [4.69, 9.17) is 16.6 Å². The van der Waals surface area contributed by atoms with E-state index in [0.717, 1.165) is 0 Å². The molecule has 0 aliphatic heterocycles. The van der Waals surface area contributed by atoms with Gasteiger partial charge in [0.2, 0.25) is 11.8 Å². The minimum atomic E-state index is -0.941. The number of aliphatic carboxylic acids is 1. The first-order valence-corrected chi connectivity index (χ1v) is 7.92. The third kappa shape index (κ3) is 16.7. The maximum Gasteiger partial charge on any atom is 0.303 e. The van der Waals surface area contributed by atoms with Crippen LogP contribution in [0.15, 0.2) is 0 Å². The molecule has 0 heterocycles. The Labute approximate surface area is 144 Å². The molecular weight excluding hydrogens is 312 g/mol. The van der Waals surface area contributed by atoms with Crippen molar-refractivity contribution >= 4 is 17.8 Å². The molecule has 142 valence electrons. The molecule has 2 amide bonds. The van der Waals surface area contributed by atoms with Crippen LogP contribution in [0.5, 0.6) is 0 Å². The first-order valence-electron chi connectivity index (χ1n) is 7.92. The number of nitrogens with two attached hydrogens (primary N) is 2. The zero-order valence-electron chi connectivity index (χ0n) is 15.9. The van der Waals surface area contributed by atoms with Gasteiger partial charge in [-0.3, -0.25) is 14.4 Å². The van der Waals surface area contributed by atoms with Crippen molar-refractivity contribution in [2.24, 2.45) is 11.5 Å². The van der Waals surface area contributed by atoms with Crippen LogP contribution in [0.25, 0.3) is 0 Å². The maximum absolute atomic E-state index is 11.3. The normalized spacial score (nSPS) is 13.9. The fraction of sp³-hybridized carbons (Fsp3) is 0.812. The van der Waals surface area contributed by atoms with Gasteiger partial charge in [-0.2, -0.15) is 0 Å². The standard InChI is InChI=1S/C9H18N2O3.C7H16N2O/c1-9(2,3)11-8(14)6(10)4-5-7(12)13;1-5(8)6(10)9-7(2,3)4/h6H,4-5,10H2,1-3H3,(H,11,14)(H,12,13);5H,8H2,1-4H3,(H,9,10)/t6-;5-/m00/s1. The SMILES string of the molecule is CC(C)(C)NC(=O)[C@@H](N)CCC(=O)O.C[C@H](N)C(=O)NC(C)(C)C. The molecule has 0 radical (unpaired) electrons. The van der Waals surface area contributed by atoms with Crippen LogP contribution in [0.2, 0.25) is 0 Å². The highest BCUT2D eigenvalue weighted by atomic mass is 16.4. The van der Waals surface area contributed by atoms with E-state index in [0.29, 0.717) is 0 Å². The van der Waals surface area contributed by atoms with Crippen molar-refractivity contribution in [3.63, 3.8) is 0 Å². The Morgan fingerprint density at radius 1 is 0.917 bits per heavy atom. The molecule has 0 saturated heterocycles. The van der Waals surface area contributed by atoms with Crippen molar-refractivity contribution < 1.29 is 19.5 Å². The monoisotopic (exact) mass is 346 g/mol. The minimum Gasteiger partial charge on any atom is -0.481 e. The molecule has 0 aliphatic carbocycles. The number of rotatable bonds is 5. The molecule has 0 fully saturated rings. The van der Waals surface area contributed by atoms with Gasteiger partial charge in [0.1, 0.15) is 0 Å². The van der Waals surface area contributed by atoms with Crippen molar-refractivity contribution in [3.8, 4) is 0 Å². The summed E-state index contributed by atoms with van der Waals surface area (Å²) in [6.07, 6.45) is 0.0793. The van der Waals surface area contributed by atoms with E-state index >= 15 is 0 Å². The molecule has 0 aromatic rings. The van der Waals surface area contributed by atoms with Crippen molar-refractivity contribution in [1.82, 2.24) is 10.6 Å². The average Bonchev–Trinajstić information content (AvgIpc) is 2.32. The Balaban J connectivity index is 0. The summed E-state index contributed by atoms with van der Waals surface area (Å²) >= 11 is 0. The largest absolute Gasteiger partial charge is 0.481 e. The molecule has 0 unspecified atom stereocenters. The molecule has 0 saturated carbocycles. The van der Waals surface area contributed by atoms with Gasteiger partial charge in [0, 0.05) is 17.5 Å². The Bertz CT molecular complexity index is 423. The summed E-state index contributed by atoms with van der Waals surface area (Å²) in [5.41, 5.74) is 10.3. The van der Waals surface area contributed by atoms with E-state index in [1.807, 2.05) is 41.5 Å². The molecule has 0 spiro atoms. The number of carboxylic acid groups (broad SMARTS) is 1. The van der Waals surface area contributed by atoms with Crippen LogP contribution in [0.1, 0.15) is 61.3 Å². The van der Waals surface area contributed by atoms with Crippen LogP contribution in [0.4, 0.5) is 0 Å². The van der Waals surface area contributed by atoms with E-state index in [9.17, 15) is 14.4 Å². The summed E-state index contributed by atoms with van der Waals surface area (Å²) in [4.78, 5) is 32.5. The molecule has 7 N–H and O–H groups in total. The van der Waals surface area contributed by atoms with Crippen molar-refractivity contribution in [1.29, 1.82) is 0 Å². The topological polar surface area (TPSA) is 148 Å². The van der Waals surface area contributed by atoms with Crippen LogP contribution in [0.3, 0.4) is 0 Å². The molecule has 0 aromatic carbocycles. The summed E-state index contributed by atoms with van der Waals surface area (Å²) < 4.78 is 0.